The summed E-state index contributed by atoms with van der Waals surface area (Å²) in [4.78, 5) is 35.0. The Morgan fingerprint density at radius 1 is 1.28 bits per heavy atom. The molecule has 0 saturated carbocycles. The second kappa shape index (κ2) is 7.39. The van der Waals surface area contributed by atoms with E-state index in [1.165, 1.54) is 7.11 Å². The van der Waals surface area contributed by atoms with E-state index in [9.17, 15) is 9.59 Å². The maximum Gasteiger partial charge on any atom is 0.259 e. The number of hydrogen-bond donors (Lipinski definition) is 0. The quantitative estimate of drug-likeness (QED) is 0.804. The van der Waals surface area contributed by atoms with E-state index in [2.05, 4.69) is 9.88 Å². The van der Waals surface area contributed by atoms with Crippen LogP contribution in [-0.2, 0) is 4.79 Å². The SMILES string of the molecule is COc1ncccc1C(=O)N1C[C@@H]2CC[C@H]1CN(CC(=O)N(C)C)C2. The first-order valence-corrected chi connectivity index (χ1v) is 8.72. The topological polar surface area (TPSA) is 66.0 Å². The highest BCUT2D eigenvalue weighted by atomic mass is 16.5. The van der Waals surface area contributed by atoms with Gasteiger partial charge in [-0.25, -0.2) is 4.98 Å². The number of amides is 2. The average molecular weight is 346 g/mol. The number of pyridine rings is 1. The molecule has 4 heterocycles. The lowest BCUT2D eigenvalue weighted by Crippen LogP contribution is -2.48. The molecule has 0 spiro atoms. The fraction of sp³-hybridized carbons (Fsp3) is 0.611. The van der Waals surface area contributed by atoms with E-state index < -0.39 is 0 Å². The van der Waals surface area contributed by atoms with E-state index in [4.69, 9.17) is 4.74 Å². The molecule has 0 aromatic carbocycles. The minimum absolute atomic E-state index is 0.0274. The number of aromatic nitrogens is 1. The van der Waals surface area contributed by atoms with E-state index >= 15 is 0 Å². The van der Waals surface area contributed by atoms with Gasteiger partial charge in [-0.3, -0.25) is 14.5 Å². The molecule has 3 saturated heterocycles. The van der Waals surface area contributed by atoms with Crippen LogP contribution in [0.1, 0.15) is 23.2 Å². The Balaban J connectivity index is 1.76. The highest BCUT2D eigenvalue weighted by Gasteiger charge is 2.38. The van der Waals surface area contributed by atoms with Gasteiger partial charge in [-0.15, -0.1) is 0 Å². The summed E-state index contributed by atoms with van der Waals surface area (Å²) >= 11 is 0. The third kappa shape index (κ3) is 3.76. The summed E-state index contributed by atoms with van der Waals surface area (Å²) in [6, 6.07) is 3.65. The van der Waals surface area contributed by atoms with Crippen molar-refractivity contribution in [2.24, 2.45) is 5.92 Å². The van der Waals surface area contributed by atoms with Crippen molar-refractivity contribution in [3.63, 3.8) is 0 Å². The third-order valence-electron chi connectivity index (χ3n) is 5.10. The Kier molecular flexibility index (Phi) is 5.22. The van der Waals surface area contributed by atoms with Gasteiger partial charge < -0.3 is 14.5 Å². The Morgan fingerprint density at radius 3 is 2.80 bits per heavy atom. The molecule has 0 N–H and O–H groups in total. The van der Waals surface area contributed by atoms with Gasteiger partial charge in [-0.05, 0) is 30.9 Å². The van der Waals surface area contributed by atoms with Crippen LogP contribution in [0.3, 0.4) is 0 Å². The van der Waals surface area contributed by atoms with Crippen LogP contribution in [0.2, 0.25) is 0 Å². The van der Waals surface area contributed by atoms with E-state index in [-0.39, 0.29) is 17.9 Å². The zero-order valence-electron chi connectivity index (χ0n) is 15.1. The summed E-state index contributed by atoms with van der Waals surface area (Å²) < 4.78 is 5.25. The van der Waals surface area contributed by atoms with Crippen LogP contribution in [0.15, 0.2) is 18.3 Å². The molecule has 7 heteroatoms. The summed E-state index contributed by atoms with van der Waals surface area (Å²) in [6.07, 6.45) is 3.70. The Hall–Kier alpha value is -2.15. The maximum atomic E-state index is 13.1. The van der Waals surface area contributed by atoms with Crippen molar-refractivity contribution in [2.45, 2.75) is 18.9 Å². The molecule has 0 aliphatic carbocycles. The smallest absolute Gasteiger partial charge is 0.259 e. The molecule has 2 bridgehead atoms. The van der Waals surface area contributed by atoms with E-state index in [1.807, 2.05) is 4.90 Å². The lowest BCUT2D eigenvalue weighted by molar-refractivity contribution is -0.129. The standard InChI is InChI=1S/C18H26N4O3/c1-20(2)16(23)12-21-9-13-6-7-14(11-21)22(10-13)18(24)15-5-4-8-19-17(15)25-3/h4-5,8,13-14H,6-7,9-12H2,1-3H3/t13-,14+/m1/s1. The van der Waals surface area contributed by atoms with Crippen LogP contribution in [0, 0.1) is 5.92 Å². The van der Waals surface area contributed by atoms with Gasteiger partial charge in [0.1, 0.15) is 5.56 Å². The molecule has 7 nitrogen and oxygen atoms in total. The first-order valence-electron chi connectivity index (χ1n) is 8.72. The second-order valence-corrected chi connectivity index (χ2v) is 7.10. The largest absolute Gasteiger partial charge is 0.480 e. The van der Waals surface area contributed by atoms with Crippen LogP contribution in [0.5, 0.6) is 5.88 Å². The van der Waals surface area contributed by atoms with Crippen LogP contribution < -0.4 is 4.74 Å². The van der Waals surface area contributed by atoms with Crippen molar-refractivity contribution in [3.8, 4) is 5.88 Å². The van der Waals surface area contributed by atoms with Crippen molar-refractivity contribution < 1.29 is 14.3 Å². The molecule has 0 radical (unpaired) electrons. The number of methoxy groups -OCH3 is 1. The highest BCUT2D eigenvalue weighted by Crippen LogP contribution is 2.30. The molecule has 2 atom stereocenters. The highest BCUT2D eigenvalue weighted by molar-refractivity contribution is 5.96. The van der Waals surface area contributed by atoms with Gasteiger partial charge >= 0.3 is 0 Å². The van der Waals surface area contributed by atoms with Crippen molar-refractivity contribution in [2.75, 3.05) is 47.4 Å². The van der Waals surface area contributed by atoms with Crippen LogP contribution in [0.25, 0.3) is 0 Å². The Labute approximate surface area is 148 Å². The zero-order chi connectivity index (χ0) is 18.0. The first-order chi connectivity index (χ1) is 12.0. The maximum absolute atomic E-state index is 13.1. The number of piperidine rings is 1. The first kappa shape index (κ1) is 17.7. The lowest BCUT2D eigenvalue weighted by Gasteiger charge is -2.36. The van der Waals surface area contributed by atoms with Gasteiger partial charge in [0, 0.05) is 46.0 Å². The summed E-state index contributed by atoms with van der Waals surface area (Å²) in [5.41, 5.74) is 0.508. The normalized spacial score (nSPS) is 23.2. The van der Waals surface area contributed by atoms with Crippen LogP contribution in [0.4, 0.5) is 0 Å². The molecule has 136 valence electrons. The zero-order valence-corrected chi connectivity index (χ0v) is 15.1. The molecule has 0 unspecified atom stereocenters. The summed E-state index contributed by atoms with van der Waals surface area (Å²) in [6.45, 7) is 2.75. The van der Waals surface area contributed by atoms with Crippen molar-refractivity contribution in [1.29, 1.82) is 0 Å². The number of nitrogens with zero attached hydrogens (tertiary/aromatic N) is 4. The minimum Gasteiger partial charge on any atom is -0.480 e. The monoisotopic (exact) mass is 346 g/mol. The number of likely N-dealkylation sites (N-methyl/N-ethyl adjacent to an activating group) is 1. The summed E-state index contributed by atoms with van der Waals surface area (Å²) in [5, 5.41) is 0. The van der Waals surface area contributed by atoms with Crippen LogP contribution in [-0.4, -0.2) is 84.9 Å². The predicted molar refractivity (Wildman–Crippen MR) is 93.5 cm³/mol. The van der Waals surface area contributed by atoms with Gasteiger partial charge in [0.25, 0.3) is 5.91 Å². The molecule has 3 aliphatic rings. The number of hydrogen-bond acceptors (Lipinski definition) is 5. The van der Waals surface area contributed by atoms with Crippen molar-refractivity contribution in [3.05, 3.63) is 23.9 Å². The third-order valence-corrected chi connectivity index (χ3v) is 5.10. The number of fused-ring (bicyclic) bond motifs is 4. The lowest BCUT2D eigenvalue weighted by atomic mass is 9.94. The Bertz CT molecular complexity index is 649. The fourth-order valence-corrected chi connectivity index (χ4v) is 3.76. The number of rotatable bonds is 4. The summed E-state index contributed by atoms with van der Waals surface area (Å²) in [5.74, 6) is 0.848. The molecular formula is C18H26N4O3. The van der Waals surface area contributed by atoms with Crippen molar-refractivity contribution in [1.82, 2.24) is 19.7 Å². The van der Waals surface area contributed by atoms with Gasteiger partial charge in [0.15, 0.2) is 0 Å². The summed E-state index contributed by atoms with van der Waals surface area (Å²) in [7, 11) is 5.08. The molecule has 1 aromatic heterocycles. The number of ether oxygens (including phenoxy) is 1. The number of carbonyl (C=O) groups excluding carboxylic acids is 2. The Morgan fingerprint density at radius 2 is 2.08 bits per heavy atom. The second-order valence-electron chi connectivity index (χ2n) is 7.10. The average Bonchev–Trinajstić information content (AvgIpc) is 2.91. The molecule has 4 rings (SSSR count). The van der Waals surface area contributed by atoms with Gasteiger partial charge in [0.2, 0.25) is 11.8 Å². The van der Waals surface area contributed by atoms with E-state index in [0.717, 1.165) is 32.5 Å². The molecule has 3 fully saturated rings. The number of carbonyl (C=O) groups is 2. The van der Waals surface area contributed by atoms with Crippen molar-refractivity contribution >= 4 is 11.8 Å². The fourth-order valence-electron chi connectivity index (χ4n) is 3.76. The van der Waals surface area contributed by atoms with E-state index in [0.29, 0.717) is 23.9 Å². The molecule has 1 aromatic rings. The molecule has 3 aliphatic heterocycles. The van der Waals surface area contributed by atoms with Gasteiger partial charge in [-0.1, -0.05) is 0 Å². The van der Waals surface area contributed by atoms with Crippen LogP contribution >= 0.6 is 0 Å². The van der Waals surface area contributed by atoms with Gasteiger partial charge in [-0.2, -0.15) is 0 Å². The molecule has 25 heavy (non-hydrogen) atoms. The predicted octanol–water partition coefficient (Wildman–Crippen LogP) is 0.715. The molecule has 2 amide bonds. The molecular weight excluding hydrogens is 320 g/mol. The van der Waals surface area contributed by atoms with E-state index in [1.54, 1.807) is 37.3 Å². The minimum atomic E-state index is -0.0274. The van der Waals surface area contributed by atoms with Gasteiger partial charge in [0.05, 0.1) is 13.7 Å².